The van der Waals surface area contributed by atoms with Gasteiger partial charge >= 0.3 is 11.9 Å². The van der Waals surface area contributed by atoms with E-state index in [0.717, 1.165) is 12.8 Å². The number of carbonyl (C=O) groups is 3. The summed E-state index contributed by atoms with van der Waals surface area (Å²) >= 11 is 0. The highest BCUT2D eigenvalue weighted by Crippen LogP contribution is 2.43. The smallest absolute Gasteiger partial charge is 0.326 e. The van der Waals surface area contributed by atoms with Gasteiger partial charge < -0.3 is 15.5 Å². The second-order valence-electron chi connectivity index (χ2n) is 4.88. The molecule has 6 heteroatoms. The lowest BCUT2D eigenvalue weighted by Gasteiger charge is -2.20. The molecular formula is C12H15NO5. The van der Waals surface area contributed by atoms with E-state index in [2.05, 4.69) is 11.4 Å². The van der Waals surface area contributed by atoms with Gasteiger partial charge in [0.2, 0.25) is 5.91 Å². The van der Waals surface area contributed by atoms with Crippen LogP contribution in [0.5, 0.6) is 0 Å². The zero-order chi connectivity index (χ0) is 13.3. The van der Waals surface area contributed by atoms with Crippen LogP contribution in [0.3, 0.4) is 0 Å². The molecule has 2 rings (SSSR count). The third-order valence-electron chi connectivity index (χ3n) is 3.61. The maximum absolute atomic E-state index is 11.9. The first kappa shape index (κ1) is 12.6. The van der Waals surface area contributed by atoms with E-state index >= 15 is 0 Å². The zero-order valence-corrected chi connectivity index (χ0v) is 9.70. The number of carbonyl (C=O) groups excluding carboxylic acids is 1. The number of allylic oxidation sites excluding steroid dienone is 2. The van der Waals surface area contributed by atoms with Crippen LogP contribution in [0.2, 0.25) is 0 Å². The molecule has 2 aliphatic carbocycles. The van der Waals surface area contributed by atoms with E-state index in [-0.39, 0.29) is 17.7 Å². The molecule has 1 saturated carbocycles. The first-order valence-corrected chi connectivity index (χ1v) is 5.90. The van der Waals surface area contributed by atoms with Gasteiger partial charge in [0.1, 0.15) is 6.04 Å². The lowest BCUT2D eigenvalue weighted by Crippen LogP contribution is -2.45. The van der Waals surface area contributed by atoms with Crippen LogP contribution < -0.4 is 5.32 Å². The van der Waals surface area contributed by atoms with Crippen molar-refractivity contribution in [2.75, 3.05) is 0 Å². The summed E-state index contributed by atoms with van der Waals surface area (Å²) < 4.78 is 0. The number of hydrogen-bond acceptors (Lipinski definition) is 3. The molecule has 0 heterocycles. The molecule has 3 N–H and O–H groups in total. The Balaban J connectivity index is 1.95. The molecule has 1 fully saturated rings. The minimum Gasteiger partial charge on any atom is -0.481 e. The second-order valence-corrected chi connectivity index (χ2v) is 4.88. The fourth-order valence-electron chi connectivity index (χ4n) is 2.74. The molecule has 0 aromatic heterocycles. The normalized spacial score (nSPS) is 30.1. The molecule has 18 heavy (non-hydrogen) atoms. The Morgan fingerprint density at radius 3 is 2.39 bits per heavy atom. The van der Waals surface area contributed by atoms with Crippen molar-refractivity contribution in [1.82, 2.24) is 5.32 Å². The Morgan fingerprint density at radius 2 is 1.94 bits per heavy atom. The van der Waals surface area contributed by atoms with Gasteiger partial charge in [0, 0.05) is 5.92 Å². The van der Waals surface area contributed by atoms with Crippen LogP contribution in [0.1, 0.15) is 19.3 Å². The molecular weight excluding hydrogens is 238 g/mol. The average Bonchev–Trinajstić information content (AvgIpc) is 2.88. The number of rotatable bonds is 5. The van der Waals surface area contributed by atoms with Crippen LogP contribution in [-0.4, -0.2) is 34.1 Å². The Bertz CT molecular complexity index is 417. The fourth-order valence-corrected chi connectivity index (χ4v) is 2.74. The summed E-state index contributed by atoms with van der Waals surface area (Å²) in [5, 5.41) is 19.8. The largest absolute Gasteiger partial charge is 0.481 e. The summed E-state index contributed by atoms with van der Waals surface area (Å²) in [4.78, 5) is 33.3. The second kappa shape index (κ2) is 4.80. The summed E-state index contributed by atoms with van der Waals surface area (Å²) in [6.07, 6.45) is 5.14. The first-order valence-electron chi connectivity index (χ1n) is 5.90. The van der Waals surface area contributed by atoms with Crippen molar-refractivity contribution in [3.05, 3.63) is 12.2 Å². The van der Waals surface area contributed by atoms with Crippen molar-refractivity contribution >= 4 is 17.8 Å². The summed E-state index contributed by atoms with van der Waals surface area (Å²) in [6, 6.07) is -1.35. The third-order valence-corrected chi connectivity index (χ3v) is 3.61. The van der Waals surface area contributed by atoms with Gasteiger partial charge in [0.25, 0.3) is 0 Å². The molecule has 0 saturated heterocycles. The van der Waals surface area contributed by atoms with E-state index in [0.29, 0.717) is 5.92 Å². The number of hydrogen-bond donors (Lipinski definition) is 3. The molecule has 0 aromatic rings. The van der Waals surface area contributed by atoms with Crippen LogP contribution in [0.15, 0.2) is 12.2 Å². The summed E-state index contributed by atoms with van der Waals surface area (Å²) in [5.74, 6) is -2.53. The van der Waals surface area contributed by atoms with Crippen molar-refractivity contribution in [3.8, 4) is 0 Å². The van der Waals surface area contributed by atoms with Gasteiger partial charge in [0.15, 0.2) is 0 Å². The van der Waals surface area contributed by atoms with E-state index in [4.69, 9.17) is 10.2 Å². The number of carboxylic acids is 2. The molecule has 6 nitrogen and oxygen atoms in total. The van der Waals surface area contributed by atoms with Gasteiger partial charge in [-0.25, -0.2) is 4.79 Å². The average molecular weight is 253 g/mol. The molecule has 3 unspecified atom stereocenters. The monoisotopic (exact) mass is 253 g/mol. The van der Waals surface area contributed by atoms with Gasteiger partial charge in [-0.05, 0) is 24.7 Å². The molecule has 2 bridgehead atoms. The number of aliphatic carboxylic acids is 2. The van der Waals surface area contributed by atoms with E-state index in [1.165, 1.54) is 0 Å². The van der Waals surface area contributed by atoms with Gasteiger partial charge in [-0.15, -0.1) is 0 Å². The van der Waals surface area contributed by atoms with Gasteiger partial charge in [-0.3, -0.25) is 9.59 Å². The zero-order valence-electron chi connectivity index (χ0n) is 9.70. The van der Waals surface area contributed by atoms with E-state index in [1.54, 1.807) is 0 Å². The molecule has 0 spiro atoms. The van der Waals surface area contributed by atoms with Crippen molar-refractivity contribution in [3.63, 3.8) is 0 Å². The lowest BCUT2D eigenvalue weighted by molar-refractivity contribution is -0.147. The minimum atomic E-state index is -1.35. The highest BCUT2D eigenvalue weighted by Gasteiger charge is 2.40. The predicted molar refractivity (Wildman–Crippen MR) is 60.7 cm³/mol. The van der Waals surface area contributed by atoms with Crippen molar-refractivity contribution in [2.45, 2.75) is 25.3 Å². The Hall–Kier alpha value is -1.85. The molecule has 0 aliphatic heterocycles. The molecule has 0 radical (unpaired) electrons. The molecule has 2 aliphatic rings. The summed E-state index contributed by atoms with van der Waals surface area (Å²) in [7, 11) is 0. The molecule has 1 amide bonds. The van der Waals surface area contributed by atoms with Gasteiger partial charge in [-0.2, -0.15) is 0 Å². The van der Waals surface area contributed by atoms with Crippen LogP contribution in [0, 0.1) is 17.8 Å². The molecule has 98 valence electrons. The van der Waals surface area contributed by atoms with Crippen molar-refractivity contribution in [2.24, 2.45) is 17.8 Å². The number of carboxylic acid groups (broad SMARTS) is 2. The highest BCUT2D eigenvalue weighted by atomic mass is 16.4. The van der Waals surface area contributed by atoms with E-state index in [9.17, 15) is 14.4 Å². The molecule has 4 atom stereocenters. The van der Waals surface area contributed by atoms with Gasteiger partial charge in [0.05, 0.1) is 6.42 Å². The summed E-state index contributed by atoms with van der Waals surface area (Å²) in [6.45, 7) is 0. The van der Waals surface area contributed by atoms with Crippen LogP contribution >= 0.6 is 0 Å². The van der Waals surface area contributed by atoms with E-state index in [1.807, 2.05) is 6.08 Å². The first-order chi connectivity index (χ1) is 8.47. The Kier molecular flexibility index (Phi) is 3.36. The lowest BCUT2D eigenvalue weighted by atomic mass is 9.92. The SMILES string of the molecule is O=C(O)C[C@H](NC(=O)C1CC2C=CC1C2)C(=O)O. The number of nitrogens with one attached hydrogen (secondary N) is 1. The van der Waals surface area contributed by atoms with Crippen LogP contribution in [0.25, 0.3) is 0 Å². The Morgan fingerprint density at radius 1 is 1.22 bits per heavy atom. The van der Waals surface area contributed by atoms with Crippen LogP contribution in [0.4, 0.5) is 0 Å². The number of fused-ring (bicyclic) bond motifs is 2. The maximum Gasteiger partial charge on any atom is 0.326 e. The summed E-state index contributed by atoms with van der Waals surface area (Å²) in [5.41, 5.74) is 0. The Labute approximate surface area is 104 Å². The molecule has 0 aromatic carbocycles. The van der Waals surface area contributed by atoms with E-state index < -0.39 is 24.4 Å². The standard InChI is InChI=1S/C12H15NO5/c14-10(15)5-9(12(17)18)13-11(16)8-4-6-1-2-7(8)3-6/h1-2,6-9H,3-5H2,(H,13,16)(H,14,15)(H,17,18)/t6?,7?,8?,9-/m0/s1. The maximum atomic E-state index is 11.9. The topological polar surface area (TPSA) is 104 Å². The van der Waals surface area contributed by atoms with Gasteiger partial charge in [-0.1, -0.05) is 12.2 Å². The minimum absolute atomic E-state index is 0.175. The predicted octanol–water partition coefficient (Wildman–Crippen LogP) is 0.243. The van der Waals surface area contributed by atoms with Crippen molar-refractivity contribution in [1.29, 1.82) is 0 Å². The highest BCUT2D eigenvalue weighted by molar-refractivity contribution is 5.88. The third kappa shape index (κ3) is 2.52. The quantitative estimate of drug-likeness (QED) is 0.609. The number of amides is 1. The fraction of sp³-hybridized carbons (Fsp3) is 0.583. The van der Waals surface area contributed by atoms with Crippen LogP contribution in [-0.2, 0) is 14.4 Å². The van der Waals surface area contributed by atoms with Crippen molar-refractivity contribution < 1.29 is 24.6 Å².